The fraction of sp³-hybridized carbons (Fsp3) is 0.750. The molecule has 0 heterocycles. The number of esters is 1. The van der Waals surface area contributed by atoms with Gasteiger partial charge < -0.3 is 4.74 Å². The second-order valence-electron chi connectivity index (χ2n) is 5.98. The fourth-order valence-corrected chi connectivity index (χ4v) is 1.51. The van der Waals surface area contributed by atoms with Gasteiger partial charge in [0, 0.05) is 6.42 Å². The summed E-state index contributed by atoms with van der Waals surface area (Å²) in [6.45, 7) is 8.25. The third kappa shape index (κ3) is 10.3. The summed E-state index contributed by atoms with van der Waals surface area (Å²) in [7, 11) is 0. The zero-order valence-corrected chi connectivity index (χ0v) is 12.7. The van der Waals surface area contributed by atoms with Crippen molar-refractivity contribution in [3.8, 4) is 6.07 Å². The van der Waals surface area contributed by atoms with Gasteiger partial charge in [0.25, 0.3) is 0 Å². The first kappa shape index (κ1) is 17.7. The molecular weight excluding hydrogens is 238 g/mol. The Hall–Kier alpha value is -1.30. The van der Waals surface area contributed by atoms with Gasteiger partial charge in [0.1, 0.15) is 0 Å². The maximum Gasteiger partial charge on any atom is 0.311 e. The van der Waals surface area contributed by atoms with Gasteiger partial charge in [-0.05, 0) is 52.4 Å². The minimum Gasteiger partial charge on any atom is -0.465 e. The molecule has 0 bridgehead atoms. The molecule has 0 aliphatic rings. The lowest BCUT2D eigenvalue weighted by Crippen LogP contribution is -2.23. The highest BCUT2D eigenvalue weighted by molar-refractivity contribution is 5.75. The van der Waals surface area contributed by atoms with Crippen molar-refractivity contribution in [3.63, 3.8) is 0 Å². The summed E-state index contributed by atoms with van der Waals surface area (Å²) in [4.78, 5) is 11.5. The van der Waals surface area contributed by atoms with Crippen LogP contribution in [0.15, 0.2) is 12.2 Å². The van der Waals surface area contributed by atoms with Gasteiger partial charge in [0.15, 0.2) is 0 Å². The van der Waals surface area contributed by atoms with Crippen molar-refractivity contribution in [3.05, 3.63) is 12.2 Å². The molecule has 0 radical (unpaired) electrons. The number of allylic oxidation sites excluding steroid dienone is 2. The van der Waals surface area contributed by atoms with Crippen LogP contribution in [0.5, 0.6) is 0 Å². The average molecular weight is 265 g/mol. The highest BCUT2D eigenvalue weighted by Crippen LogP contribution is 2.16. The van der Waals surface area contributed by atoms with Crippen LogP contribution in [0.4, 0.5) is 0 Å². The Morgan fingerprint density at radius 1 is 1.37 bits per heavy atom. The molecule has 3 nitrogen and oxygen atoms in total. The van der Waals surface area contributed by atoms with Crippen molar-refractivity contribution in [1.29, 1.82) is 5.26 Å². The molecule has 0 spiro atoms. The third-order valence-corrected chi connectivity index (χ3v) is 2.77. The number of ether oxygens (including phenoxy) is 1. The summed E-state index contributed by atoms with van der Waals surface area (Å²) < 4.78 is 5.22. The minimum absolute atomic E-state index is 0.132. The van der Waals surface area contributed by atoms with E-state index in [-0.39, 0.29) is 5.97 Å². The van der Waals surface area contributed by atoms with E-state index in [2.05, 4.69) is 25.1 Å². The van der Waals surface area contributed by atoms with Gasteiger partial charge in [-0.1, -0.05) is 19.1 Å². The summed E-state index contributed by atoms with van der Waals surface area (Å²) in [5.41, 5.74) is -0.410. The Labute approximate surface area is 117 Å². The first-order valence-electron chi connectivity index (χ1n) is 7.08. The lowest BCUT2D eigenvalue weighted by Gasteiger charge is -2.16. The van der Waals surface area contributed by atoms with E-state index < -0.39 is 5.41 Å². The number of hydrogen-bond acceptors (Lipinski definition) is 3. The van der Waals surface area contributed by atoms with Gasteiger partial charge in [-0.2, -0.15) is 5.26 Å². The molecule has 0 aromatic heterocycles. The quantitative estimate of drug-likeness (QED) is 0.374. The number of carbonyl (C=O) groups excluding carboxylic acids is 1. The minimum atomic E-state index is -0.410. The largest absolute Gasteiger partial charge is 0.465 e. The van der Waals surface area contributed by atoms with Crippen molar-refractivity contribution in [2.75, 3.05) is 6.61 Å². The van der Waals surface area contributed by atoms with E-state index in [0.29, 0.717) is 18.9 Å². The van der Waals surface area contributed by atoms with Crippen LogP contribution in [-0.4, -0.2) is 12.6 Å². The maximum absolute atomic E-state index is 11.5. The van der Waals surface area contributed by atoms with E-state index in [1.807, 2.05) is 20.8 Å². The van der Waals surface area contributed by atoms with Gasteiger partial charge >= 0.3 is 5.97 Å². The van der Waals surface area contributed by atoms with Crippen molar-refractivity contribution in [2.24, 2.45) is 11.3 Å². The van der Waals surface area contributed by atoms with Crippen LogP contribution in [0.1, 0.15) is 59.8 Å². The molecule has 0 aliphatic carbocycles. The second kappa shape index (κ2) is 9.61. The monoisotopic (exact) mass is 265 g/mol. The number of nitriles is 1. The maximum atomic E-state index is 11.5. The molecule has 108 valence electrons. The van der Waals surface area contributed by atoms with Crippen LogP contribution in [0, 0.1) is 22.7 Å². The Morgan fingerprint density at radius 3 is 2.63 bits per heavy atom. The van der Waals surface area contributed by atoms with Crippen LogP contribution in [-0.2, 0) is 9.53 Å². The van der Waals surface area contributed by atoms with E-state index in [1.54, 1.807) is 0 Å². The molecule has 0 saturated carbocycles. The zero-order valence-electron chi connectivity index (χ0n) is 12.7. The van der Waals surface area contributed by atoms with Crippen LogP contribution in [0.2, 0.25) is 0 Å². The van der Waals surface area contributed by atoms with Gasteiger partial charge in [-0.15, -0.1) is 0 Å². The molecule has 19 heavy (non-hydrogen) atoms. The molecule has 0 amide bonds. The van der Waals surface area contributed by atoms with Crippen LogP contribution in [0.3, 0.4) is 0 Å². The van der Waals surface area contributed by atoms with Crippen LogP contribution in [0.25, 0.3) is 0 Å². The molecule has 0 fully saturated rings. The van der Waals surface area contributed by atoms with Crippen molar-refractivity contribution in [2.45, 2.75) is 59.8 Å². The van der Waals surface area contributed by atoms with E-state index in [1.165, 1.54) is 0 Å². The van der Waals surface area contributed by atoms with Gasteiger partial charge in [-0.3, -0.25) is 4.79 Å². The SMILES string of the molecule is CC(/C=C/CCCC#N)CCCOC(=O)C(C)(C)C. The molecule has 0 aromatic rings. The van der Waals surface area contributed by atoms with Crippen molar-refractivity contribution in [1.82, 2.24) is 0 Å². The highest BCUT2D eigenvalue weighted by atomic mass is 16.5. The Bertz CT molecular complexity index is 321. The van der Waals surface area contributed by atoms with Crippen LogP contribution >= 0.6 is 0 Å². The van der Waals surface area contributed by atoms with Gasteiger partial charge in [0.2, 0.25) is 0 Å². The predicted octanol–water partition coefficient (Wildman–Crippen LogP) is 4.24. The van der Waals surface area contributed by atoms with Gasteiger partial charge in [0.05, 0.1) is 18.1 Å². The first-order valence-corrected chi connectivity index (χ1v) is 7.08. The van der Waals surface area contributed by atoms with Crippen LogP contribution < -0.4 is 0 Å². The summed E-state index contributed by atoms with van der Waals surface area (Å²) in [5.74, 6) is 0.364. The topological polar surface area (TPSA) is 50.1 Å². The average Bonchev–Trinajstić information content (AvgIpc) is 2.33. The number of unbranched alkanes of at least 4 members (excludes halogenated alkanes) is 2. The summed E-state index contributed by atoms with van der Waals surface area (Å²) in [6, 6.07) is 2.14. The van der Waals surface area contributed by atoms with Gasteiger partial charge in [-0.25, -0.2) is 0 Å². The summed E-state index contributed by atoms with van der Waals surface area (Å²) in [6.07, 6.45) is 8.77. The Morgan fingerprint density at radius 2 is 2.05 bits per heavy atom. The Balaban J connectivity index is 3.61. The van der Waals surface area contributed by atoms with E-state index in [9.17, 15) is 4.79 Å². The molecule has 0 aliphatic heterocycles. The molecular formula is C16H27NO2. The smallest absolute Gasteiger partial charge is 0.311 e. The predicted molar refractivity (Wildman–Crippen MR) is 77.4 cm³/mol. The molecule has 1 atom stereocenters. The molecule has 3 heteroatoms. The number of hydrogen-bond donors (Lipinski definition) is 0. The van der Waals surface area contributed by atoms with Crippen molar-refractivity contribution >= 4 is 5.97 Å². The normalized spacial score (nSPS) is 13.2. The molecule has 0 aromatic carbocycles. The van der Waals surface area contributed by atoms with E-state index >= 15 is 0 Å². The number of carbonyl (C=O) groups is 1. The second-order valence-corrected chi connectivity index (χ2v) is 5.98. The summed E-state index contributed by atoms with van der Waals surface area (Å²) in [5, 5.41) is 8.40. The number of nitrogens with zero attached hydrogens (tertiary/aromatic N) is 1. The lowest BCUT2D eigenvalue weighted by atomic mass is 9.97. The van der Waals surface area contributed by atoms with Crippen molar-refractivity contribution < 1.29 is 9.53 Å². The highest BCUT2D eigenvalue weighted by Gasteiger charge is 2.22. The molecule has 0 rings (SSSR count). The summed E-state index contributed by atoms with van der Waals surface area (Å²) >= 11 is 0. The third-order valence-electron chi connectivity index (χ3n) is 2.77. The standard InChI is InChI=1S/C16H27NO2/c1-14(10-7-5-6-8-12-17)11-9-13-19-15(18)16(2,3)4/h7,10,14H,5-6,8-9,11,13H2,1-4H3/b10-7+. The van der Waals surface area contributed by atoms with E-state index in [4.69, 9.17) is 10.00 Å². The van der Waals surface area contributed by atoms with E-state index in [0.717, 1.165) is 25.7 Å². The molecule has 0 saturated heterocycles. The lowest BCUT2D eigenvalue weighted by molar-refractivity contribution is -0.153. The zero-order chi connectivity index (χ0) is 14.7. The molecule has 1 unspecified atom stereocenters. The molecule has 0 N–H and O–H groups in total. The first-order chi connectivity index (χ1) is 8.88. The number of rotatable bonds is 8. The Kier molecular flexibility index (Phi) is 8.95. The fourth-order valence-electron chi connectivity index (χ4n) is 1.51.